The van der Waals surface area contributed by atoms with Crippen molar-refractivity contribution in [2.45, 2.75) is 26.1 Å². The predicted molar refractivity (Wildman–Crippen MR) is 64.9 cm³/mol. The molecule has 20 heavy (non-hydrogen) atoms. The van der Waals surface area contributed by atoms with Gasteiger partial charge in [-0.3, -0.25) is 0 Å². The third kappa shape index (κ3) is 3.50. The quantitative estimate of drug-likeness (QED) is 0.781. The number of hydrogen-bond donors (Lipinski definition) is 0. The molecule has 110 valence electrons. The lowest BCUT2D eigenvalue weighted by Crippen LogP contribution is -2.29. The Morgan fingerprint density at radius 1 is 1.35 bits per heavy atom. The summed E-state index contributed by atoms with van der Waals surface area (Å²) >= 11 is 0. The summed E-state index contributed by atoms with van der Waals surface area (Å²) in [5, 5.41) is 0. The average Bonchev–Trinajstić information content (AvgIpc) is 2.37. The van der Waals surface area contributed by atoms with Gasteiger partial charge in [-0.2, -0.15) is 8.78 Å². The zero-order chi connectivity index (χ0) is 14.7. The lowest BCUT2D eigenvalue weighted by molar-refractivity contribution is -0.154. The molecule has 2 rings (SSSR count). The molecule has 1 aliphatic heterocycles. The van der Waals surface area contributed by atoms with E-state index in [1.165, 1.54) is 12.3 Å². The van der Waals surface area contributed by atoms with Gasteiger partial charge in [0, 0.05) is 11.6 Å². The first kappa shape index (κ1) is 14.8. The second-order valence-corrected chi connectivity index (χ2v) is 4.72. The summed E-state index contributed by atoms with van der Waals surface area (Å²) in [4.78, 5) is 0. The zero-order valence-corrected chi connectivity index (χ0v) is 10.8. The Hall–Kier alpha value is -1.56. The van der Waals surface area contributed by atoms with Gasteiger partial charge in [-0.25, -0.2) is 8.78 Å². The van der Waals surface area contributed by atoms with E-state index in [4.69, 9.17) is 4.74 Å². The van der Waals surface area contributed by atoms with Crippen molar-refractivity contribution in [1.29, 1.82) is 0 Å². The maximum Gasteiger partial charge on any atom is 0.345 e. The minimum Gasteiger partial charge on any atom is -0.495 e. The van der Waals surface area contributed by atoms with Gasteiger partial charge in [0.25, 0.3) is 0 Å². The van der Waals surface area contributed by atoms with Crippen LogP contribution in [0.25, 0.3) is 5.57 Å². The van der Waals surface area contributed by atoms with E-state index in [-0.39, 0.29) is 18.1 Å². The summed E-state index contributed by atoms with van der Waals surface area (Å²) in [6, 6.07) is 3.30. The summed E-state index contributed by atoms with van der Waals surface area (Å²) in [5.74, 6) is -1.44. The molecule has 0 aliphatic carbocycles. The Morgan fingerprint density at radius 3 is 2.70 bits per heavy atom. The fraction of sp³-hybridized carbons (Fsp3) is 0.429. The van der Waals surface area contributed by atoms with Crippen LogP contribution in [0, 0.1) is 17.6 Å². The molecule has 0 spiro atoms. The molecular formula is C14H14F4O2. The monoisotopic (exact) mass is 290 g/mol. The summed E-state index contributed by atoms with van der Waals surface area (Å²) in [6.45, 7) is -1.27. The largest absolute Gasteiger partial charge is 0.495 e. The maximum atomic E-state index is 13.7. The molecule has 0 unspecified atom stereocenters. The molecule has 2 atom stereocenters. The Labute approximate surface area is 114 Å². The first-order chi connectivity index (χ1) is 9.47. The topological polar surface area (TPSA) is 18.5 Å². The van der Waals surface area contributed by atoms with Crippen LogP contribution in [0.2, 0.25) is 0 Å². The number of allylic oxidation sites excluding steroid dienone is 1. The molecule has 0 amide bonds. The molecule has 0 N–H and O–H groups in total. The SMILES string of the molecule is C[C@@H]1CC(c2ccc(F)cc2F)=CO[C@@H]1COC(F)F. The number of alkyl halides is 2. The van der Waals surface area contributed by atoms with Gasteiger partial charge in [0.15, 0.2) is 0 Å². The van der Waals surface area contributed by atoms with Crippen LogP contribution in [0.4, 0.5) is 17.6 Å². The van der Waals surface area contributed by atoms with Crippen molar-refractivity contribution in [3.8, 4) is 0 Å². The molecule has 0 fully saturated rings. The van der Waals surface area contributed by atoms with E-state index in [1.54, 1.807) is 6.92 Å². The van der Waals surface area contributed by atoms with E-state index in [0.717, 1.165) is 12.1 Å². The molecule has 1 heterocycles. The highest BCUT2D eigenvalue weighted by molar-refractivity contribution is 5.66. The van der Waals surface area contributed by atoms with Crippen LogP contribution in [0.3, 0.4) is 0 Å². The first-order valence-corrected chi connectivity index (χ1v) is 6.17. The van der Waals surface area contributed by atoms with Crippen LogP contribution in [0.1, 0.15) is 18.9 Å². The minimum absolute atomic E-state index is 0.113. The van der Waals surface area contributed by atoms with E-state index >= 15 is 0 Å². The van der Waals surface area contributed by atoms with Crippen LogP contribution in [0.15, 0.2) is 24.5 Å². The molecule has 0 aromatic heterocycles. The smallest absolute Gasteiger partial charge is 0.345 e. The average molecular weight is 290 g/mol. The van der Waals surface area contributed by atoms with Crippen LogP contribution in [-0.2, 0) is 9.47 Å². The third-order valence-electron chi connectivity index (χ3n) is 3.23. The van der Waals surface area contributed by atoms with Gasteiger partial charge < -0.3 is 9.47 Å². The van der Waals surface area contributed by atoms with Gasteiger partial charge in [-0.1, -0.05) is 6.92 Å². The standard InChI is InChI=1S/C14H14F4O2/c1-8-4-9(6-19-13(8)7-20-14(17)18)11-3-2-10(15)5-12(11)16/h2-3,5-6,8,13-14H,4,7H2,1H3/t8-,13-/m1/s1. The van der Waals surface area contributed by atoms with Gasteiger partial charge in [-0.15, -0.1) is 0 Å². The number of rotatable bonds is 4. The number of halogens is 4. The fourth-order valence-electron chi connectivity index (χ4n) is 2.12. The molecule has 1 aromatic rings. The molecular weight excluding hydrogens is 276 g/mol. The van der Waals surface area contributed by atoms with Crippen LogP contribution in [-0.4, -0.2) is 19.3 Å². The predicted octanol–water partition coefficient (Wildman–Crippen LogP) is 3.97. The summed E-state index contributed by atoms with van der Waals surface area (Å²) in [6.07, 6.45) is 1.27. The van der Waals surface area contributed by atoms with Crippen LogP contribution in [0.5, 0.6) is 0 Å². The molecule has 2 nitrogen and oxygen atoms in total. The van der Waals surface area contributed by atoms with Crippen molar-refractivity contribution >= 4 is 5.57 Å². The van der Waals surface area contributed by atoms with Crippen LogP contribution < -0.4 is 0 Å². The molecule has 0 saturated heterocycles. The normalized spacial score (nSPS) is 22.6. The zero-order valence-electron chi connectivity index (χ0n) is 10.8. The van der Waals surface area contributed by atoms with Gasteiger partial charge in [0.1, 0.15) is 17.7 Å². The van der Waals surface area contributed by atoms with Crippen molar-refractivity contribution in [3.05, 3.63) is 41.7 Å². The van der Waals surface area contributed by atoms with Gasteiger partial charge in [0.2, 0.25) is 0 Å². The van der Waals surface area contributed by atoms with Gasteiger partial charge in [0.05, 0.1) is 12.9 Å². The first-order valence-electron chi connectivity index (χ1n) is 6.17. The highest BCUT2D eigenvalue weighted by Crippen LogP contribution is 2.32. The molecule has 0 saturated carbocycles. The number of hydrogen-bond acceptors (Lipinski definition) is 2. The molecule has 1 aromatic carbocycles. The second kappa shape index (κ2) is 6.26. The van der Waals surface area contributed by atoms with E-state index < -0.39 is 24.3 Å². The van der Waals surface area contributed by atoms with Crippen molar-refractivity contribution in [3.63, 3.8) is 0 Å². The van der Waals surface area contributed by atoms with Crippen molar-refractivity contribution in [2.24, 2.45) is 5.92 Å². The number of ether oxygens (including phenoxy) is 2. The van der Waals surface area contributed by atoms with Crippen molar-refractivity contribution < 1.29 is 27.0 Å². The Morgan fingerprint density at radius 2 is 2.10 bits per heavy atom. The molecule has 1 aliphatic rings. The van der Waals surface area contributed by atoms with E-state index in [0.29, 0.717) is 12.0 Å². The molecule has 0 radical (unpaired) electrons. The van der Waals surface area contributed by atoms with E-state index in [2.05, 4.69) is 4.74 Å². The highest BCUT2D eigenvalue weighted by atomic mass is 19.3. The van der Waals surface area contributed by atoms with Gasteiger partial charge in [-0.05, 0) is 30.0 Å². The lowest BCUT2D eigenvalue weighted by Gasteiger charge is -2.29. The second-order valence-electron chi connectivity index (χ2n) is 4.72. The maximum absolute atomic E-state index is 13.7. The highest BCUT2D eigenvalue weighted by Gasteiger charge is 2.26. The Balaban J connectivity index is 2.08. The van der Waals surface area contributed by atoms with Crippen molar-refractivity contribution in [2.75, 3.05) is 6.61 Å². The lowest BCUT2D eigenvalue weighted by atomic mass is 9.90. The Kier molecular flexibility index (Phi) is 4.65. The summed E-state index contributed by atoms with van der Waals surface area (Å²) in [5.41, 5.74) is 0.828. The minimum atomic E-state index is -2.84. The van der Waals surface area contributed by atoms with Crippen LogP contribution >= 0.6 is 0 Å². The summed E-state index contributed by atoms with van der Waals surface area (Å²) in [7, 11) is 0. The summed E-state index contributed by atoms with van der Waals surface area (Å²) < 4.78 is 60.0. The van der Waals surface area contributed by atoms with Gasteiger partial charge >= 0.3 is 6.61 Å². The molecule has 6 heteroatoms. The third-order valence-corrected chi connectivity index (χ3v) is 3.23. The fourth-order valence-corrected chi connectivity index (χ4v) is 2.12. The Bertz CT molecular complexity index is 502. The van der Waals surface area contributed by atoms with E-state index in [9.17, 15) is 17.6 Å². The van der Waals surface area contributed by atoms with Crippen molar-refractivity contribution in [1.82, 2.24) is 0 Å². The number of benzene rings is 1. The van der Waals surface area contributed by atoms with E-state index in [1.807, 2.05) is 0 Å². The molecule has 0 bridgehead atoms.